The van der Waals surface area contributed by atoms with Gasteiger partial charge in [0.25, 0.3) is 0 Å². The van der Waals surface area contributed by atoms with Crippen molar-refractivity contribution in [2.75, 3.05) is 13.1 Å². The van der Waals surface area contributed by atoms with Crippen molar-refractivity contribution < 1.29 is 9.90 Å². The zero-order valence-electron chi connectivity index (χ0n) is 12.5. The first-order valence-corrected chi connectivity index (χ1v) is 7.48. The Hall–Kier alpha value is -1.88. The number of hydrogen-bond acceptors (Lipinski definition) is 3. The molecule has 5 heteroatoms. The van der Waals surface area contributed by atoms with E-state index in [1.807, 2.05) is 10.6 Å². The van der Waals surface area contributed by atoms with E-state index >= 15 is 0 Å². The van der Waals surface area contributed by atoms with Crippen molar-refractivity contribution in [2.24, 2.45) is 5.92 Å². The Labute approximate surface area is 124 Å². The summed E-state index contributed by atoms with van der Waals surface area (Å²) in [6.45, 7) is 6.77. The van der Waals surface area contributed by atoms with Crippen molar-refractivity contribution in [1.29, 1.82) is 0 Å². The lowest BCUT2D eigenvalue weighted by molar-refractivity contribution is 0.0697. The SMILES string of the molecule is CC(C)N1CCC(Cc2cn3ccc(C(=O)O)cc3n2)C1. The van der Waals surface area contributed by atoms with Crippen LogP contribution in [0.15, 0.2) is 24.5 Å². The molecule has 0 bridgehead atoms. The molecule has 0 amide bonds. The molecule has 2 aromatic heterocycles. The van der Waals surface area contributed by atoms with Gasteiger partial charge in [0, 0.05) is 25.0 Å². The summed E-state index contributed by atoms with van der Waals surface area (Å²) in [7, 11) is 0. The number of aromatic carboxylic acids is 1. The largest absolute Gasteiger partial charge is 0.478 e. The molecule has 0 radical (unpaired) electrons. The Kier molecular flexibility index (Phi) is 3.68. The van der Waals surface area contributed by atoms with Gasteiger partial charge < -0.3 is 14.4 Å². The van der Waals surface area contributed by atoms with E-state index in [1.54, 1.807) is 18.3 Å². The minimum absolute atomic E-state index is 0.284. The zero-order valence-corrected chi connectivity index (χ0v) is 12.5. The summed E-state index contributed by atoms with van der Waals surface area (Å²) in [5.41, 5.74) is 2.04. The molecule has 1 unspecified atom stereocenters. The fourth-order valence-electron chi connectivity index (χ4n) is 3.06. The first kappa shape index (κ1) is 14.1. The second-order valence-electron chi connectivity index (χ2n) is 6.17. The average molecular weight is 287 g/mol. The van der Waals surface area contributed by atoms with Gasteiger partial charge in [-0.25, -0.2) is 9.78 Å². The van der Waals surface area contributed by atoms with Gasteiger partial charge in [0.15, 0.2) is 0 Å². The normalized spacial score (nSPS) is 19.7. The molecule has 1 fully saturated rings. The molecule has 5 nitrogen and oxygen atoms in total. The van der Waals surface area contributed by atoms with Crippen LogP contribution in [0.3, 0.4) is 0 Å². The molecule has 0 spiro atoms. The van der Waals surface area contributed by atoms with E-state index in [9.17, 15) is 4.79 Å². The third-order valence-electron chi connectivity index (χ3n) is 4.30. The second-order valence-corrected chi connectivity index (χ2v) is 6.17. The number of carboxylic acid groups (broad SMARTS) is 1. The van der Waals surface area contributed by atoms with Crippen LogP contribution in [0.1, 0.15) is 36.3 Å². The van der Waals surface area contributed by atoms with Crippen LogP contribution in [0.5, 0.6) is 0 Å². The van der Waals surface area contributed by atoms with Crippen LogP contribution in [0.25, 0.3) is 5.65 Å². The predicted octanol–water partition coefficient (Wildman–Crippen LogP) is 2.31. The number of aromatic nitrogens is 2. The maximum Gasteiger partial charge on any atom is 0.335 e. The first-order valence-electron chi connectivity index (χ1n) is 7.48. The third-order valence-corrected chi connectivity index (χ3v) is 4.30. The molecule has 112 valence electrons. The maximum absolute atomic E-state index is 11.0. The number of imidazole rings is 1. The highest BCUT2D eigenvalue weighted by molar-refractivity contribution is 5.88. The molecule has 0 saturated carbocycles. The Bertz CT molecular complexity index is 663. The number of hydrogen-bond donors (Lipinski definition) is 1. The molecule has 2 aromatic rings. The van der Waals surface area contributed by atoms with Crippen LogP contribution in [0.2, 0.25) is 0 Å². The molecule has 1 N–H and O–H groups in total. The standard InChI is InChI=1S/C16H21N3O2/c1-11(2)18-5-3-12(9-18)7-14-10-19-6-4-13(16(20)21)8-15(19)17-14/h4,6,8,10-12H,3,5,7,9H2,1-2H3,(H,20,21). The predicted molar refractivity (Wildman–Crippen MR) is 80.7 cm³/mol. The van der Waals surface area contributed by atoms with Gasteiger partial charge in [-0.15, -0.1) is 0 Å². The second kappa shape index (κ2) is 5.48. The lowest BCUT2D eigenvalue weighted by Crippen LogP contribution is -2.28. The minimum Gasteiger partial charge on any atom is -0.478 e. The number of carboxylic acids is 1. The van der Waals surface area contributed by atoms with Crippen LogP contribution in [0, 0.1) is 5.92 Å². The van der Waals surface area contributed by atoms with Crippen LogP contribution in [-0.4, -0.2) is 44.5 Å². The molecular formula is C16H21N3O2. The zero-order chi connectivity index (χ0) is 15.0. The van der Waals surface area contributed by atoms with Gasteiger partial charge >= 0.3 is 5.97 Å². The maximum atomic E-state index is 11.0. The number of likely N-dealkylation sites (tertiary alicyclic amines) is 1. The highest BCUT2D eigenvalue weighted by Gasteiger charge is 2.24. The molecule has 1 atom stereocenters. The fraction of sp³-hybridized carbons (Fsp3) is 0.500. The molecule has 1 aliphatic heterocycles. The minimum atomic E-state index is -0.912. The number of fused-ring (bicyclic) bond motifs is 1. The summed E-state index contributed by atoms with van der Waals surface area (Å²) >= 11 is 0. The van der Waals surface area contributed by atoms with E-state index in [2.05, 4.69) is 23.7 Å². The van der Waals surface area contributed by atoms with E-state index in [0.717, 1.165) is 18.7 Å². The number of rotatable bonds is 4. The molecular weight excluding hydrogens is 266 g/mol. The van der Waals surface area contributed by atoms with Gasteiger partial charge in [-0.3, -0.25) is 0 Å². The van der Waals surface area contributed by atoms with Crippen molar-refractivity contribution >= 4 is 11.6 Å². The Morgan fingerprint density at radius 1 is 1.52 bits per heavy atom. The van der Waals surface area contributed by atoms with Crippen molar-refractivity contribution in [1.82, 2.24) is 14.3 Å². The Morgan fingerprint density at radius 2 is 2.33 bits per heavy atom. The smallest absolute Gasteiger partial charge is 0.335 e. The lowest BCUT2D eigenvalue weighted by atomic mass is 10.0. The highest BCUT2D eigenvalue weighted by atomic mass is 16.4. The lowest BCUT2D eigenvalue weighted by Gasteiger charge is -2.19. The summed E-state index contributed by atoms with van der Waals surface area (Å²) < 4.78 is 1.90. The fourth-order valence-corrected chi connectivity index (χ4v) is 3.06. The molecule has 1 aliphatic rings. The highest BCUT2D eigenvalue weighted by Crippen LogP contribution is 2.22. The van der Waals surface area contributed by atoms with Crippen molar-refractivity contribution in [3.05, 3.63) is 35.8 Å². The Morgan fingerprint density at radius 3 is 3.00 bits per heavy atom. The van der Waals surface area contributed by atoms with E-state index in [4.69, 9.17) is 5.11 Å². The van der Waals surface area contributed by atoms with Gasteiger partial charge in [0.05, 0.1) is 11.3 Å². The van der Waals surface area contributed by atoms with Crippen LogP contribution in [0.4, 0.5) is 0 Å². The van der Waals surface area contributed by atoms with E-state index < -0.39 is 5.97 Å². The summed E-state index contributed by atoms with van der Waals surface area (Å²) in [6.07, 6.45) is 5.96. The van der Waals surface area contributed by atoms with Gasteiger partial charge in [0.1, 0.15) is 5.65 Å². The van der Waals surface area contributed by atoms with Crippen molar-refractivity contribution in [3.63, 3.8) is 0 Å². The molecule has 21 heavy (non-hydrogen) atoms. The summed E-state index contributed by atoms with van der Waals surface area (Å²) in [6, 6.07) is 3.84. The summed E-state index contributed by atoms with van der Waals surface area (Å²) in [5.74, 6) is -0.262. The summed E-state index contributed by atoms with van der Waals surface area (Å²) in [5, 5.41) is 9.02. The molecule has 3 heterocycles. The van der Waals surface area contributed by atoms with E-state index in [-0.39, 0.29) is 5.56 Å². The molecule has 0 aromatic carbocycles. The van der Waals surface area contributed by atoms with Crippen LogP contribution in [-0.2, 0) is 6.42 Å². The molecule has 3 rings (SSSR count). The third kappa shape index (κ3) is 2.93. The van der Waals surface area contributed by atoms with Gasteiger partial charge in [0.2, 0.25) is 0 Å². The van der Waals surface area contributed by atoms with Gasteiger partial charge in [-0.2, -0.15) is 0 Å². The quantitative estimate of drug-likeness (QED) is 0.937. The van der Waals surface area contributed by atoms with Crippen LogP contribution < -0.4 is 0 Å². The van der Waals surface area contributed by atoms with Crippen LogP contribution >= 0.6 is 0 Å². The number of nitrogens with zero attached hydrogens (tertiary/aromatic N) is 3. The number of carbonyl (C=O) groups is 1. The first-order chi connectivity index (χ1) is 10.0. The van der Waals surface area contributed by atoms with E-state index in [0.29, 0.717) is 17.6 Å². The van der Waals surface area contributed by atoms with Crippen molar-refractivity contribution in [2.45, 2.75) is 32.7 Å². The van der Waals surface area contributed by atoms with Gasteiger partial charge in [-0.1, -0.05) is 0 Å². The summed E-state index contributed by atoms with van der Waals surface area (Å²) in [4.78, 5) is 18.1. The molecule has 1 saturated heterocycles. The molecule has 0 aliphatic carbocycles. The number of pyridine rings is 1. The van der Waals surface area contributed by atoms with Crippen molar-refractivity contribution in [3.8, 4) is 0 Å². The average Bonchev–Trinajstić information content (AvgIpc) is 3.03. The van der Waals surface area contributed by atoms with Gasteiger partial charge in [-0.05, 0) is 51.3 Å². The Balaban J connectivity index is 1.75. The topological polar surface area (TPSA) is 57.8 Å². The van der Waals surface area contributed by atoms with E-state index in [1.165, 1.54) is 13.0 Å². The monoisotopic (exact) mass is 287 g/mol.